The summed E-state index contributed by atoms with van der Waals surface area (Å²) < 4.78 is 9.35. The Morgan fingerprint density at radius 1 is 1.14 bits per heavy atom. The van der Waals surface area contributed by atoms with E-state index in [1.807, 2.05) is 65.3 Å². The van der Waals surface area contributed by atoms with E-state index in [0.717, 1.165) is 16.9 Å². The van der Waals surface area contributed by atoms with Crippen molar-refractivity contribution in [3.05, 3.63) is 84.6 Å². The summed E-state index contributed by atoms with van der Waals surface area (Å²) in [4.78, 5) is 16.9. The van der Waals surface area contributed by atoms with Crippen LogP contribution in [0.4, 0.5) is 5.69 Å². The number of fused-ring (bicyclic) bond motifs is 1. The number of rotatable bonds is 7. The number of ether oxygens (including phenoxy) is 1. The minimum atomic E-state index is -0.568. The summed E-state index contributed by atoms with van der Waals surface area (Å²) in [6.07, 6.45) is 6.76. The van der Waals surface area contributed by atoms with Crippen LogP contribution in [0.15, 0.2) is 73.3 Å². The zero-order valence-corrected chi connectivity index (χ0v) is 15.5. The van der Waals surface area contributed by atoms with E-state index in [1.165, 1.54) is 0 Å². The summed E-state index contributed by atoms with van der Waals surface area (Å²) in [5.41, 5.74) is 3.45. The van der Waals surface area contributed by atoms with Crippen molar-refractivity contribution in [3.8, 4) is 0 Å². The Hall–Kier alpha value is -3.45. The topological polar surface area (TPSA) is 73.5 Å². The van der Waals surface area contributed by atoms with Crippen molar-refractivity contribution >= 4 is 17.2 Å². The monoisotopic (exact) mass is 375 g/mol. The molecule has 3 aromatic heterocycles. The highest BCUT2D eigenvalue weighted by atomic mass is 16.5. The molecule has 7 nitrogen and oxygen atoms in total. The quantitative estimate of drug-likeness (QED) is 0.539. The fourth-order valence-electron chi connectivity index (χ4n) is 2.86. The van der Waals surface area contributed by atoms with Gasteiger partial charge in [-0.25, -0.2) is 4.98 Å². The maximum absolute atomic E-state index is 12.3. The van der Waals surface area contributed by atoms with Crippen LogP contribution in [-0.4, -0.2) is 31.2 Å². The molecule has 1 unspecified atom stereocenters. The molecule has 3 heterocycles. The first kappa shape index (κ1) is 17.9. The van der Waals surface area contributed by atoms with Crippen molar-refractivity contribution in [1.29, 1.82) is 0 Å². The molecule has 1 N–H and O–H groups in total. The van der Waals surface area contributed by atoms with Crippen LogP contribution >= 0.6 is 0 Å². The number of amides is 1. The minimum Gasteiger partial charge on any atom is -0.364 e. The van der Waals surface area contributed by atoms with Crippen LogP contribution in [0.2, 0.25) is 0 Å². The Labute approximate surface area is 162 Å². The number of benzene rings is 1. The number of aromatic nitrogens is 4. The average molecular weight is 375 g/mol. The second-order valence-electron chi connectivity index (χ2n) is 6.55. The smallest absolute Gasteiger partial charge is 0.253 e. The van der Waals surface area contributed by atoms with Gasteiger partial charge in [0, 0.05) is 18.6 Å². The molecular formula is C21H21N5O2. The highest BCUT2D eigenvalue weighted by molar-refractivity contribution is 5.93. The zero-order valence-electron chi connectivity index (χ0n) is 15.5. The third-order valence-corrected chi connectivity index (χ3v) is 4.35. The number of anilines is 1. The predicted molar refractivity (Wildman–Crippen MR) is 106 cm³/mol. The molecule has 0 bridgehead atoms. The van der Waals surface area contributed by atoms with Gasteiger partial charge in [0.1, 0.15) is 11.8 Å². The zero-order chi connectivity index (χ0) is 19.3. The summed E-state index contributed by atoms with van der Waals surface area (Å²) in [5, 5.41) is 7.14. The largest absolute Gasteiger partial charge is 0.364 e. The van der Waals surface area contributed by atoms with Crippen molar-refractivity contribution in [2.75, 3.05) is 5.32 Å². The van der Waals surface area contributed by atoms with Gasteiger partial charge in [-0.1, -0.05) is 36.4 Å². The normalized spacial score (nSPS) is 12.2. The Morgan fingerprint density at radius 2 is 1.96 bits per heavy atom. The second-order valence-corrected chi connectivity index (χ2v) is 6.55. The fourth-order valence-corrected chi connectivity index (χ4v) is 2.86. The Balaban J connectivity index is 1.32. The van der Waals surface area contributed by atoms with Crippen molar-refractivity contribution in [2.45, 2.75) is 26.2 Å². The molecule has 0 radical (unpaired) electrons. The lowest BCUT2D eigenvalue weighted by Crippen LogP contribution is -2.27. The molecule has 0 fully saturated rings. The first-order valence-electron chi connectivity index (χ1n) is 9.09. The number of imidazole rings is 1. The second kappa shape index (κ2) is 8.06. The van der Waals surface area contributed by atoms with Crippen LogP contribution in [0, 0.1) is 0 Å². The Kier molecular flexibility index (Phi) is 5.16. The number of nitrogens with one attached hydrogen (secondary N) is 1. The van der Waals surface area contributed by atoms with Gasteiger partial charge >= 0.3 is 0 Å². The molecule has 4 aromatic rings. The Bertz CT molecular complexity index is 1040. The van der Waals surface area contributed by atoms with E-state index in [-0.39, 0.29) is 5.91 Å². The number of nitrogens with zero attached hydrogens (tertiary/aromatic N) is 4. The molecule has 0 aliphatic heterocycles. The van der Waals surface area contributed by atoms with Gasteiger partial charge in [0.15, 0.2) is 0 Å². The molecule has 28 heavy (non-hydrogen) atoms. The van der Waals surface area contributed by atoms with Crippen molar-refractivity contribution in [1.82, 2.24) is 19.2 Å². The maximum Gasteiger partial charge on any atom is 0.253 e. The van der Waals surface area contributed by atoms with E-state index >= 15 is 0 Å². The molecule has 0 aliphatic carbocycles. The maximum atomic E-state index is 12.3. The summed E-state index contributed by atoms with van der Waals surface area (Å²) in [5.74, 6) is -0.205. The lowest BCUT2D eigenvalue weighted by Gasteiger charge is -2.12. The van der Waals surface area contributed by atoms with Gasteiger partial charge in [-0.2, -0.15) is 5.10 Å². The fraction of sp³-hybridized carbons (Fsp3) is 0.190. The number of hydrogen-bond acceptors (Lipinski definition) is 4. The summed E-state index contributed by atoms with van der Waals surface area (Å²) in [7, 11) is 0. The number of hydrogen-bond donors (Lipinski definition) is 1. The van der Waals surface area contributed by atoms with Gasteiger partial charge < -0.3 is 14.5 Å². The SMILES string of the molecule is CC(OCc1ccccc1)C(=O)Nc1cnn(Cc2cn3ccccc3n2)c1. The molecular weight excluding hydrogens is 354 g/mol. The molecule has 0 saturated heterocycles. The Morgan fingerprint density at radius 3 is 2.79 bits per heavy atom. The standard InChI is InChI=1S/C21H21N5O2/c1-16(28-15-17-7-3-2-4-8-17)21(27)24-18-11-22-26(13-18)14-19-12-25-10-6-5-9-20(25)23-19/h2-13,16H,14-15H2,1H3,(H,24,27). The van der Waals surface area contributed by atoms with E-state index in [9.17, 15) is 4.79 Å². The van der Waals surface area contributed by atoms with E-state index < -0.39 is 6.10 Å². The van der Waals surface area contributed by atoms with Crippen molar-refractivity contribution in [3.63, 3.8) is 0 Å². The van der Waals surface area contributed by atoms with Gasteiger partial charge in [-0.05, 0) is 24.6 Å². The molecule has 0 spiro atoms. The van der Waals surface area contributed by atoms with E-state index in [0.29, 0.717) is 18.8 Å². The summed E-state index contributed by atoms with van der Waals surface area (Å²) in [6, 6.07) is 15.6. The predicted octanol–water partition coefficient (Wildman–Crippen LogP) is 3.12. The number of carbonyl (C=O) groups excluding carboxylic acids is 1. The third-order valence-electron chi connectivity index (χ3n) is 4.35. The molecule has 4 rings (SSSR count). The highest BCUT2D eigenvalue weighted by Crippen LogP contribution is 2.11. The van der Waals surface area contributed by atoms with E-state index in [2.05, 4.69) is 15.4 Å². The number of carbonyl (C=O) groups is 1. The van der Waals surface area contributed by atoms with Crippen LogP contribution < -0.4 is 5.32 Å². The molecule has 0 saturated carbocycles. The average Bonchev–Trinajstić information content (AvgIpc) is 3.33. The van der Waals surface area contributed by atoms with E-state index in [4.69, 9.17) is 4.74 Å². The van der Waals surface area contributed by atoms with Crippen LogP contribution in [0.1, 0.15) is 18.2 Å². The van der Waals surface area contributed by atoms with Crippen LogP contribution in [0.3, 0.4) is 0 Å². The first-order valence-corrected chi connectivity index (χ1v) is 9.09. The molecule has 7 heteroatoms. The van der Waals surface area contributed by atoms with Crippen LogP contribution in [-0.2, 0) is 22.7 Å². The van der Waals surface area contributed by atoms with Crippen molar-refractivity contribution in [2.24, 2.45) is 0 Å². The minimum absolute atomic E-state index is 0.205. The van der Waals surface area contributed by atoms with Gasteiger partial charge in [-0.3, -0.25) is 9.48 Å². The first-order chi connectivity index (χ1) is 13.7. The molecule has 1 atom stereocenters. The van der Waals surface area contributed by atoms with Gasteiger partial charge in [0.2, 0.25) is 0 Å². The van der Waals surface area contributed by atoms with Crippen molar-refractivity contribution < 1.29 is 9.53 Å². The van der Waals surface area contributed by atoms with Gasteiger partial charge in [0.05, 0.1) is 30.7 Å². The lowest BCUT2D eigenvalue weighted by molar-refractivity contribution is -0.127. The van der Waals surface area contributed by atoms with E-state index in [1.54, 1.807) is 24.0 Å². The molecule has 1 aromatic carbocycles. The van der Waals surface area contributed by atoms with Crippen LogP contribution in [0.5, 0.6) is 0 Å². The van der Waals surface area contributed by atoms with Crippen LogP contribution in [0.25, 0.3) is 5.65 Å². The summed E-state index contributed by atoms with van der Waals surface area (Å²) in [6.45, 7) is 2.65. The molecule has 1 amide bonds. The number of pyridine rings is 1. The lowest BCUT2D eigenvalue weighted by atomic mass is 10.2. The third kappa shape index (κ3) is 4.27. The summed E-state index contributed by atoms with van der Waals surface area (Å²) >= 11 is 0. The van der Waals surface area contributed by atoms with Gasteiger partial charge in [0.25, 0.3) is 5.91 Å². The van der Waals surface area contributed by atoms with Gasteiger partial charge in [-0.15, -0.1) is 0 Å². The highest BCUT2D eigenvalue weighted by Gasteiger charge is 2.14. The molecule has 0 aliphatic rings. The molecule has 142 valence electrons.